The summed E-state index contributed by atoms with van der Waals surface area (Å²) < 4.78 is 5.49. The summed E-state index contributed by atoms with van der Waals surface area (Å²) in [6.07, 6.45) is 2.37. The quantitative estimate of drug-likeness (QED) is 0.618. The summed E-state index contributed by atoms with van der Waals surface area (Å²) in [5, 5.41) is 5.53. The Morgan fingerprint density at radius 2 is 1.90 bits per heavy atom. The second-order valence-corrected chi connectivity index (χ2v) is 10.1. The summed E-state index contributed by atoms with van der Waals surface area (Å²) in [6.45, 7) is 6.99. The van der Waals surface area contributed by atoms with Crippen molar-refractivity contribution in [2.75, 3.05) is 13.1 Å². The van der Waals surface area contributed by atoms with Crippen LogP contribution in [0.5, 0.6) is 0 Å². The van der Waals surface area contributed by atoms with Gasteiger partial charge < -0.3 is 15.0 Å². The molecule has 1 atom stereocenters. The van der Waals surface area contributed by atoms with Gasteiger partial charge >= 0.3 is 6.09 Å². The normalized spacial score (nSPS) is 16.2. The molecule has 1 unspecified atom stereocenters. The van der Waals surface area contributed by atoms with Gasteiger partial charge in [0, 0.05) is 18.5 Å². The molecule has 1 aliphatic rings. The lowest BCUT2D eigenvalue weighted by atomic mass is 9.87. The first-order valence-electron chi connectivity index (χ1n) is 10.3. The number of hydrogen-bond donors (Lipinski definition) is 1. The van der Waals surface area contributed by atoms with E-state index in [1.54, 1.807) is 16.3 Å². The van der Waals surface area contributed by atoms with Crippen molar-refractivity contribution in [1.82, 2.24) is 10.2 Å². The van der Waals surface area contributed by atoms with Crippen LogP contribution in [0.2, 0.25) is 5.02 Å². The Morgan fingerprint density at radius 1 is 1.23 bits per heavy atom. The Hall–Kier alpha value is -2.05. The molecule has 0 saturated carbocycles. The number of carbonyl (C=O) groups is 2. The van der Waals surface area contributed by atoms with Gasteiger partial charge in [-0.3, -0.25) is 4.79 Å². The maximum atomic E-state index is 12.7. The molecule has 1 saturated heterocycles. The van der Waals surface area contributed by atoms with Crippen LogP contribution in [0.15, 0.2) is 41.8 Å². The number of likely N-dealkylation sites (tertiary alicyclic amines) is 1. The van der Waals surface area contributed by atoms with Crippen molar-refractivity contribution in [1.29, 1.82) is 0 Å². The van der Waals surface area contributed by atoms with Gasteiger partial charge in [-0.15, -0.1) is 11.3 Å². The molecule has 1 aliphatic heterocycles. The number of rotatable bonds is 5. The van der Waals surface area contributed by atoms with Crippen molar-refractivity contribution < 1.29 is 14.3 Å². The Balaban J connectivity index is 1.62. The van der Waals surface area contributed by atoms with Gasteiger partial charge in [0.1, 0.15) is 5.60 Å². The van der Waals surface area contributed by atoms with E-state index in [-0.39, 0.29) is 18.0 Å². The Morgan fingerprint density at radius 3 is 2.47 bits per heavy atom. The van der Waals surface area contributed by atoms with E-state index in [2.05, 4.69) is 5.32 Å². The first-order chi connectivity index (χ1) is 14.2. The zero-order chi connectivity index (χ0) is 21.7. The first kappa shape index (κ1) is 22.6. The molecule has 2 heterocycles. The zero-order valence-corrected chi connectivity index (χ0v) is 19.3. The highest BCUT2D eigenvalue weighted by Crippen LogP contribution is 2.30. The minimum Gasteiger partial charge on any atom is -0.444 e. The van der Waals surface area contributed by atoms with Crippen LogP contribution in [-0.4, -0.2) is 35.6 Å². The van der Waals surface area contributed by atoms with Gasteiger partial charge in [0.25, 0.3) is 5.91 Å². The second-order valence-electron chi connectivity index (χ2n) is 8.71. The number of thiophene rings is 1. The third-order valence-electron chi connectivity index (χ3n) is 5.13. The lowest BCUT2D eigenvalue weighted by molar-refractivity contribution is 0.0178. The van der Waals surface area contributed by atoms with Crippen molar-refractivity contribution in [3.05, 3.63) is 57.2 Å². The molecule has 0 radical (unpaired) electrons. The molecule has 0 bridgehead atoms. The van der Waals surface area contributed by atoms with E-state index in [0.717, 1.165) is 24.8 Å². The Labute approximate surface area is 187 Å². The van der Waals surface area contributed by atoms with Crippen LogP contribution in [0.1, 0.15) is 61.3 Å². The SMILES string of the molecule is CC(C)(C)OC(=O)N1CCC(CC(NC(=O)c2cc(Cl)cs2)c2ccccc2)CC1. The van der Waals surface area contributed by atoms with E-state index in [1.165, 1.54) is 11.3 Å². The molecule has 2 aromatic rings. The van der Waals surface area contributed by atoms with E-state index < -0.39 is 5.60 Å². The number of ether oxygens (including phenoxy) is 1. The molecular formula is C23H29ClN2O3S. The number of halogens is 1. The molecule has 7 heteroatoms. The molecule has 1 N–H and O–H groups in total. The van der Waals surface area contributed by atoms with Gasteiger partial charge in [-0.1, -0.05) is 41.9 Å². The Kier molecular flexibility index (Phi) is 7.42. The summed E-state index contributed by atoms with van der Waals surface area (Å²) in [5.41, 5.74) is 0.601. The average Bonchev–Trinajstić information content (AvgIpc) is 3.14. The first-order valence-corrected chi connectivity index (χ1v) is 11.5. The number of hydrogen-bond acceptors (Lipinski definition) is 4. The molecule has 162 valence electrons. The summed E-state index contributed by atoms with van der Waals surface area (Å²) in [6, 6.07) is 11.6. The predicted molar refractivity (Wildman–Crippen MR) is 121 cm³/mol. The van der Waals surface area contributed by atoms with Gasteiger partial charge in [-0.2, -0.15) is 0 Å². The highest BCUT2D eigenvalue weighted by molar-refractivity contribution is 7.12. The molecule has 30 heavy (non-hydrogen) atoms. The number of amides is 2. The molecule has 5 nitrogen and oxygen atoms in total. The number of nitrogens with one attached hydrogen (secondary N) is 1. The highest BCUT2D eigenvalue weighted by Gasteiger charge is 2.29. The van der Waals surface area contributed by atoms with Crippen LogP contribution >= 0.6 is 22.9 Å². The fraction of sp³-hybridized carbons (Fsp3) is 0.478. The third-order valence-corrected chi connectivity index (χ3v) is 6.41. The largest absolute Gasteiger partial charge is 0.444 e. The third kappa shape index (κ3) is 6.47. The van der Waals surface area contributed by atoms with Crippen molar-refractivity contribution in [2.45, 2.75) is 51.7 Å². The molecule has 1 aromatic heterocycles. The van der Waals surface area contributed by atoms with E-state index in [9.17, 15) is 9.59 Å². The fourth-order valence-electron chi connectivity index (χ4n) is 3.64. The van der Waals surface area contributed by atoms with Crippen LogP contribution in [0, 0.1) is 5.92 Å². The molecule has 3 rings (SSSR count). The molecule has 0 spiro atoms. The highest BCUT2D eigenvalue weighted by atomic mass is 35.5. The number of piperidine rings is 1. The Bertz CT molecular complexity index is 855. The van der Waals surface area contributed by atoms with E-state index in [0.29, 0.717) is 28.9 Å². The summed E-state index contributed by atoms with van der Waals surface area (Å²) in [7, 11) is 0. The van der Waals surface area contributed by atoms with E-state index >= 15 is 0 Å². The number of benzene rings is 1. The molecule has 1 fully saturated rings. The van der Waals surface area contributed by atoms with Gasteiger partial charge in [-0.25, -0.2) is 4.79 Å². The van der Waals surface area contributed by atoms with Crippen LogP contribution in [-0.2, 0) is 4.74 Å². The van der Waals surface area contributed by atoms with Crippen molar-refractivity contribution in [3.8, 4) is 0 Å². The van der Waals surface area contributed by atoms with Crippen LogP contribution in [0.4, 0.5) is 4.79 Å². The molecular weight excluding hydrogens is 420 g/mol. The number of nitrogens with zero attached hydrogens (tertiary/aromatic N) is 1. The van der Waals surface area contributed by atoms with E-state index in [1.807, 2.05) is 51.1 Å². The molecule has 1 aromatic carbocycles. The average molecular weight is 449 g/mol. The minimum absolute atomic E-state index is 0.0855. The fourth-order valence-corrected chi connectivity index (χ4v) is 4.61. The summed E-state index contributed by atoms with van der Waals surface area (Å²) >= 11 is 7.33. The smallest absolute Gasteiger partial charge is 0.410 e. The van der Waals surface area contributed by atoms with Crippen molar-refractivity contribution >= 4 is 34.9 Å². The topological polar surface area (TPSA) is 58.6 Å². The predicted octanol–water partition coefficient (Wildman–Crippen LogP) is 5.91. The minimum atomic E-state index is -0.485. The van der Waals surface area contributed by atoms with Gasteiger partial charge in [0.2, 0.25) is 0 Å². The van der Waals surface area contributed by atoms with Gasteiger partial charge in [0.15, 0.2) is 0 Å². The molecule has 0 aliphatic carbocycles. The van der Waals surface area contributed by atoms with Gasteiger partial charge in [-0.05, 0) is 57.6 Å². The van der Waals surface area contributed by atoms with Crippen molar-refractivity contribution in [3.63, 3.8) is 0 Å². The lowest BCUT2D eigenvalue weighted by Crippen LogP contribution is -2.42. The summed E-state index contributed by atoms with van der Waals surface area (Å²) in [4.78, 5) is 27.4. The maximum Gasteiger partial charge on any atom is 0.410 e. The van der Waals surface area contributed by atoms with Crippen LogP contribution in [0.25, 0.3) is 0 Å². The summed E-state index contributed by atoms with van der Waals surface area (Å²) in [5.74, 6) is 0.313. The monoisotopic (exact) mass is 448 g/mol. The second kappa shape index (κ2) is 9.84. The standard InChI is InChI=1S/C23H29ClN2O3S/c1-23(2,3)29-22(28)26-11-9-16(10-12-26)13-19(17-7-5-4-6-8-17)25-21(27)20-14-18(24)15-30-20/h4-8,14-16,19H,9-13H2,1-3H3,(H,25,27). The van der Waals surface area contributed by atoms with Crippen LogP contribution in [0.3, 0.4) is 0 Å². The van der Waals surface area contributed by atoms with E-state index in [4.69, 9.17) is 16.3 Å². The van der Waals surface area contributed by atoms with Gasteiger partial charge in [0.05, 0.1) is 15.9 Å². The van der Waals surface area contributed by atoms with Crippen LogP contribution < -0.4 is 5.32 Å². The zero-order valence-electron chi connectivity index (χ0n) is 17.7. The lowest BCUT2D eigenvalue weighted by Gasteiger charge is -2.35. The maximum absolute atomic E-state index is 12.7. The molecule has 2 amide bonds. The number of carbonyl (C=O) groups excluding carboxylic acids is 2. The van der Waals surface area contributed by atoms with Crippen molar-refractivity contribution in [2.24, 2.45) is 5.92 Å².